The third kappa shape index (κ3) is 2.97. The number of carbonyl (C=O) groups excluding carboxylic acids is 1. The predicted molar refractivity (Wildman–Crippen MR) is 83.4 cm³/mol. The van der Waals surface area contributed by atoms with E-state index < -0.39 is 29.0 Å². The molecule has 0 unspecified atom stereocenters. The van der Waals surface area contributed by atoms with Crippen molar-refractivity contribution in [1.29, 1.82) is 0 Å². The molecule has 1 aromatic rings. The summed E-state index contributed by atoms with van der Waals surface area (Å²) in [7, 11) is 1.80. The molecule has 25 heavy (non-hydrogen) atoms. The molecule has 0 radical (unpaired) electrons. The molecule has 5 nitrogen and oxygen atoms in total. The lowest BCUT2D eigenvalue weighted by Crippen LogP contribution is -2.41. The molecule has 1 aromatic carbocycles. The Morgan fingerprint density at radius 3 is 2.52 bits per heavy atom. The second-order valence-corrected chi connectivity index (χ2v) is 7.14. The topological polar surface area (TPSA) is 60.9 Å². The number of benzene rings is 1. The van der Waals surface area contributed by atoms with Crippen LogP contribution < -0.4 is 0 Å². The van der Waals surface area contributed by atoms with Gasteiger partial charge in [-0.15, -0.1) is 0 Å². The van der Waals surface area contributed by atoms with E-state index in [4.69, 9.17) is 11.6 Å². The van der Waals surface area contributed by atoms with Gasteiger partial charge in [-0.1, -0.05) is 11.6 Å². The summed E-state index contributed by atoms with van der Waals surface area (Å²) in [4.78, 5) is 27.6. The minimum Gasteiger partial charge on any atom is -0.481 e. The van der Waals surface area contributed by atoms with Gasteiger partial charge >= 0.3 is 12.1 Å². The fraction of sp³-hybridized carbons (Fsp3) is 0.500. The first-order valence-electron chi connectivity index (χ1n) is 7.62. The number of fused-ring (bicyclic) bond motifs is 1. The number of carboxylic acid groups (broad SMARTS) is 1. The number of halogens is 4. The number of hydrogen-bond donors (Lipinski definition) is 1. The van der Waals surface area contributed by atoms with Crippen molar-refractivity contribution < 1.29 is 27.9 Å². The number of aliphatic carboxylic acids is 1. The van der Waals surface area contributed by atoms with Gasteiger partial charge in [0.05, 0.1) is 16.1 Å². The van der Waals surface area contributed by atoms with E-state index in [1.807, 2.05) is 4.90 Å². The monoisotopic (exact) mass is 376 g/mol. The molecule has 2 saturated heterocycles. The normalized spacial score (nSPS) is 26.8. The first-order valence-corrected chi connectivity index (χ1v) is 8.00. The summed E-state index contributed by atoms with van der Waals surface area (Å²) in [6.07, 6.45) is -4.59. The summed E-state index contributed by atoms with van der Waals surface area (Å²) >= 11 is 5.92. The average molecular weight is 377 g/mol. The fourth-order valence-electron chi connectivity index (χ4n) is 3.81. The molecular formula is C16H16ClF3N2O3. The quantitative estimate of drug-likeness (QED) is 0.861. The van der Waals surface area contributed by atoms with Crippen LogP contribution in [0.5, 0.6) is 0 Å². The van der Waals surface area contributed by atoms with Gasteiger partial charge in [-0.3, -0.25) is 9.59 Å². The molecule has 2 heterocycles. The van der Waals surface area contributed by atoms with Crippen LogP contribution in [0.1, 0.15) is 15.9 Å². The van der Waals surface area contributed by atoms with Gasteiger partial charge in [0.25, 0.3) is 5.91 Å². The maximum atomic E-state index is 12.9. The fourth-order valence-corrected chi connectivity index (χ4v) is 4.01. The lowest BCUT2D eigenvalue weighted by atomic mass is 9.81. The summed E-state index contributed by atoms with van der Waals surface area (Å²) < 4.78 is 38.7. The highest BCUT2D eigenvalue weighted by Gasteiger charge is 2.57. The number of amides is 1. The van der Waals surface area contributed by atoms with Crippen molar-refractivity contribution in [3.63, 3.8) is 0 Å². The average Bonchev–Trinajstić information content (AvgIpc) is 2.99. The van der Waals surface area contributed by atoms with Crippen LogP contribution in [0.15, 0.2) is 18.2 Å². The number of nitrogens with zero attached hydrogens (tertiary/aromatic N) is 2. The van der Waals surface area contributed by atoms with Crippen LogP contribution in [0.4, 0.5) is 13.2 Å². The number of hydrogen-bond acceptors (Lipinski definition) is 3. The second kappa shape index (κ2) is 5.88. The smallest absolute Gasteiger partial charge is 0.416 e. The van der Waals surface area contributed by atoms with Crippen molar-refractivity contribution in [2.45, 2.75) is 6.18 Å². The Bertz CT molecular complexity index is 740. The van der Waals surface area contributed by atoms with Crippen LogP contribution in [0, 0.1) is 11.3 Å². The van der Waals surface area contributed by atoms with Gasteiger partial charge in [-0.05, 0) is 25.2 Å². The highest BCUT2D eigenvalue weighted by Crippen LogP contribution is 2.43. The van der Waals surface area contributed by atoms with Crippen LogP contribution in [-0.4, -0.2) is 60.0 Å². The molecular weight excluding hydrogens is 361 g/mol. The lowest BCUT2D eigenvalue weighted by Gasteiger charge is -2.24. The van der Waals surface area contributed by atoms with Crippen LogP contribution in [0.25, 0.3) is 0 Å². The summed E-state index contributed by atoms with van der Waals surface area (Å²) in [6, 6.07) is 2.57. The molecule has 1 amide bonds. The molecule has 3 rings (SSSR count). The SMILES string of the molecule is CN1C[C@@H]2CN(C(=O)c3cc(C(F)(F)F)ccc3Cl)C[C@]2(C(=O)O)C1. The molecule has 0 spiro atoms. The van der Waals surface area contributed by atoms with Crippen molar-refractivity contribution in [3.8, 4) is 0 Å². The first-order chi connectivity index (χ1) is 11.5. The van der Waals surface area contributed by atoms with Crippen molar-refractivity contribution in [1.82, 2.24) is 9.80 Å². The Kier molecular flexibility index (Phi) is 4.23. The molecule has 2 atom stereocenters. The molecule has 9 heteroatoms. The minimum atomic E-state index is -4.59. The molecule has 2 aliphatic heterocycles. The van der Waals surface area contributed by atoms with Gasteiger partial charge in [0.2, 0.25) is 0 Å². The van der Waals surface area contributed by atoms with E-state index in [0.29, 0.717) is 13.1 Å². The zero-order chi connectivity index (χ0) is 18.6. The third-order valence-electron chi connectivity index (χ3n) is 5.02. The number of carboxylic acids is 1. The Morgan fingerprint density at radius 1 is 1.28 bits per heavy atom. The molecule has 0 aliphatic carbocycles. The van der Waals surface area contributed by atoms with E-state index in [9.17, 15) is 27.9 Å². The highest BCUT2D eigenvalue weighted by atomic mass is 35.5. The predicted octanol–water partition coefficient (Wildman–Crippen LogP) is 2.45. The van der Waals surface area contributed by atoms with Crippen LogP contribution in [0.3, 0.4) is 0 Å². The zero-order valence-electron chi connectivity index (χ0n) is 13.3. The summed E-state index contributed by atoms with van der Waals surface area (Å²) in [5, 5.41) is 9.54. The van der Waals surface area contributed by atoms with Crippen LogP contribution in [0.2, 0.25) is 5.02 Å². The maximum absolute atomic E-state index is 12.9. The van der Waals surface area contributed by atoms with Gasteiger partial charge in [-0.2, -0.15) is 13.2 Å². The number of rotatable bonds is 2. The number of likely N-dealkylation sites (tertiary alicyclic amines) is 2. The zero-order valence-corrected chi connectivity index (χ0v) is 14.1. The van der Waals surface area contributed by atoms with Crippen molar-refractivity contribution >= 4 is 23.5 Å². The minimum absolute atomic E-state index is 0.0389. The standard InChI is InChI=1S/C16H16ClF3N2O3/c1-21-5-10-6-22(8-15(10,7-21)14(24)25)13(23)11-4-9(16(18,19)20)2-3-12(11)17/h2-4,10H,5-8H2,1H3,(H,24,25)/t10-,15-/m1/s1. The van der Waals surface area contributed by atoms with Crippen molar-refractivity contribution in [2.24, 2.45) is 11.3 Å². The van der Waals surface area contributed by atoms with Gasteiger partial charge in [0, 0.05) is 32.1 Å². The lowest BCUT2D eigenvalue weighted by molar-refractivity contribution is -0.148. The van der Waals surface area contributed by atoms with Crippen molar-refractivity contribution in [2.75, 3.05) is 33.2 Å². The summed E-state index contributed by atoms with van der Waals surface area (Å²) in [6.45, 7) is 0.963. The third-order valence-corrected chi connectivity index (χ3v) is 5.35. The summed E-state index contributed by atoms with van der Waals surface area (Å²) in [5.74, 6) is -1.93. The Labute approximate surface area is 147 Å². The van der Waals surface area contributed by atoms with Gasteiger partial charge in [0.1, 0.15) is 5.41 Å². The maximum Gasteiger partial charge on any atom is 0.416 e. The number of alkyl halides is 3. The van der Waals surface area contributed by atoms with E-state index >= 15 is 0 Å². The van der Waals surface area contributed by atoms with Crippen LogP contribution in [-0.2, 0) is 11.0 Å². The van der Waals surface area contributed by atoms with E-state index in [0.717, 1.165) is 18.2 Å². The largest absolute Gasteiger partial charge is 0.481 e. The molecule has 136 valence electrons. The second-order valence-electron chi connectivity index (χ2n) is 6.73. The van der Waals surface area contributed by atoms with Crippen molar-refractivity contribution in [3.05, 3.63) is 34.3 Å². The molecule has 0 saturated carbocycles. The first kappa shape index (κ1) is 18.0. The molecule has 1 N–H and O–H groups in total. The Balaban J connectivity index is 1.90. The van der Waals surface area contributed by atoms with Gasteiger partial charge < -0.3 is 14.9 Å². The van der Waals surface area contributed by atoms with E-state index in [2.05, 4.69) is 0 Å². The van der Waals surface area contributed by atoms with E-state index in [1.165, 1.54) is 4.90 Å². The van der Waals surface area contributed by atoms with Gasteiger partial charge in [0.15, 0.2) is 0 Å². The molecule has 0 aromatic heterocycles. The van der Waals surface area contributed by atoms with Gasteiger partial charge in [-0.25, -0.2) is 0 Å². The molecule has 2 fully saturated rings. The highest BCUT2D eigenvalue weighted by molar-refractivity contribution is 6.33. The molecule has 2 aliphatic rings. The van der Waals surface area contributed by atoms with E-state index in [1.54, 1.807) is 7.05 Å². The van der Waals surface area contributed by atoms with E-state index in [-0.39, 0.29) is 29.6 Å². The Morgan fingerprint density at radius 2 is 1.96 bits per heavy atom. The Hall–Kier alpha value is -1.80. The molecule has 0 bridgehead atoms. The number of carbonyl (C=O) groups is 2. The summed E-state index contributed by atoms with van der Waals surface area (Å²) in [5.41, 5.74) is -2.31. The van der Waals surface area contributed by atoms with Crippen LogP contribution >= 0.6 is 11.6 Å².